The fourth-order valence-electron chi connectivity index (χ4n) is 4.49. The number of halogens is 1. The van der Waals surface area contributed by atoms with Gasteiger partial charge in [0.25, 0.3) is 0 Å². The number of hydrogen-bond donors (Lipinski definition) is 3. The molecule has 4 aromatic rings. The highest BCUT2D eigenvalue weighted by Gasteiger charge is 2.23. The van der Waals surface area contributed by atoms with Gasteiger partial charge in [-0.05, 0) is 42.2 Å². The van der Waals surface area contributed by atoms with E-state index in [-0.39, 0.29) is 42.6 Å². The van der Waals surface area contributed by atoms with Crippen LogP contribution in [0.1, 0.15) is 37.1 Å². The molecule has 47 heavy (non-hydrogen) atoms. The zero-order valence-corrected chi connectivity index (χ0v) is 28.0. The van der Waals surface area contributed by atoms with E-state index in [0.717, 1.165) is 16.3 Å². The van der Waals surface area contributed by atoms with E-state index in [1.807, 2.05) is 43.5 Å². The monoisotopic (exact) mass is 689 g/mol. The molecule has 0 fully saturated rings. The molecule has 14 heteroatoms. The Bertz CT molecular complexity index is 1800. The number of pyridine rings is 1. The molecule has 0 aliphatic rings. The van der Waals surface area contributed by atoms with Crippen molar-refractivity contribution >= 4 is 52.4 Å². The molecule has 0 aliphatic carbocycles. The summed E-state index contributed by atoms with van der Waals surface area (Å²) in [5, 5.41) is 26.5. The number of hydrogen-bond acceptors (Lipinski definition) is 12. The summed E-state index contributed by atoms with van der Waals surface area (Å²) in [6.07, 6.45) is 0.415. The van der Waals surface area contributed by atoms with Crippen LogP contribution in [-0.4, -0.2) is 47.6 Å². The Hall–Kier alpha value is -4.66. The van der Waals surface area contributed by atoms with Crippen LogP contribution in [0.5, 0.6) is 5.75 Å². The topological polar surface area (TPSA) is 190 Å². The number of nitriles is 2. The zero-order chi connectivity index (χ0) is 33.9. The molecule has 0 saturated carbocycles. The smallest absolute Gasteiger partial charge is 0.328 e. The maximum absolute atomic E-state index is 12.5. The van der Waals surface area contributed by atoms with Crippen LogP contribution < -0.4 is 21.5 Å². The number of nitrogens with one attached hydrogen (secondary N) is 1. The number of rotatable bonds is 14. The molecule has 2 aromatic carbocycles. The van der Waals surface area contributed by atoms with Gasteiger partial charge in [0, 0.05) is 27.3 Å². The quantitative estimate of drug-likeness (QED) is 0.0854. The Kier molecular flexibility index (Phi) is 12.6. The fraction of sp³-hybridized carbons (Fsp3) is 0.273. The summed E-state index contributed by atoms with van der Waals surface area (Å²) in [5.74, 6) is 0.0892. The van der Waals surface area contributed by atoms with E-state index in [9.17, 15) is 20.1 Å². The van der Waals surface area contributed by atoms with Gasteiger partial charge in [0.2, 0.25) is 5.91 Å². The van der Waals surface area contributed by atoms with Crippen LogP contribution in [0.2, 0.25) is 5.02 Å². The van der Waals surface area contributed by atoms with Crippen LogP contribution in [0.15, 0.2) is 58.9 Å². The molecule has 2 heterocycles. The van der Waals surface area contributed by atoms with E-state index in [1.54, 1.807) is 24.3 Å². The molecular formula is C33H32ClN7O4S2. The third-order valence-corrected chi connectivity index (χ3v) is 8.87. The number of nitrogens with two attached hydrogens (primary N) is 2. The van der Waals surface area contributed by atoms with Crippen LogP contribution in [0, 0.1) is 28.6 Å². The first-order valence-electron chi connectivity index (χ1n) is 14.5. The largest absolute Gasteiger partial charge is 0.490 e. The number of esters is 1. The molecule has 2 aromatic heterocycles. The molecule has 1 amide bonds. The first kappa shape index (κ1) is 35.2. The normalized spacial score (nSPS) is 11.4. The second-order valence-electron chi connectivity index (χ2n) is 10.6. The van der Waals surface area contributed by atoms with Crippen molar-refractivity contribution in [2.24, 2.45) is 11.7 Å². The third-order valence-electron chi connectivity index (χ3n) is 6.67. The second kappa shape index (κ2) is 16.8. The summed E-state index contributed by atoms with van der Waals surface area (Å²) in [6, 6.07) is 17.7. The van der Waals surface area contributed by atoms with E-state index < -0.39 is 17.9 Å². The molecular weight excluding hydrogens is 658 g/mol. The van der Waals surface area contributed by atoms with Crippen LogP contribution >= 0.6 is 34.7 Å². The number of aromatic nitrogens is 2. The minimum absolute atomic E-state index is 0.0182. The zero-order valence-electron chi connectivity index (χ0n) is 25.7. The number of carbonyl (C=O) groups is 2. The summed E-state index contributed by atoms with van der Waals surface area (Å²) in [5.41, 5.74) is 14.6. The van der Waals surface area contributed by atoms with E-state index in [1.165, 1.54) is 23.1 Å². The van der Waals surface area contributed by atoms with Crippen LogP contribution in [0.4, 0.5) is 5.82 Å². The van der Waals surface area contributed by atoms with Crippen molar-refractivity contribution < 1.29 is 19.1 Å². The molecule has 0 unspecified atom stereocenters. The molecule has 0 radical (unpaired) electrons. The lowest BCUT2D eigenvalue weighted by atomic mass is 9.97. The molecule has 0 saturated heterocycles. The standard InChI is InChI=1S/C33H32ClN7O4S2/c1-19(2)13-27(40-28(42)16-37)33(43)45-12-11-44-24-9-5-20(6-10-24)29-25(14-35)30(38)41-32(26(29)15-36)47-18-23-17-46-31(39-23)21-3-7-22(34)8-4-21/h3-10,17,19,27H,11-13,16,18,37H2,1-2H3,(H2,38,41)(H,40,42)/t27-/m0/s1. The van der Waals surface area contributed by atoms with Gasteiger partial charge in [-0.1, -0.05) is 61.5 Å². The molecule has 5 N–H and O–H groups in total. The maximum atomic E-state index is 12.5. The lowest BCUT2D eigenvalue weighted by Crippen LogP contribution is -2.45. The number of thiazole rings is 1. The van der Waals surface area contributed by atoms with Crippen LogP contribution in [0.25, 0.3) is 21.7 Å². The van der Waals surface area contributed by atoms with Crippen molar-refractivity contribution in [2.45, 2.75) is 37.1 Å². The van der Waals surface area contributed by atoms with Gasteiger partial charge in [0.05, 0.1) is 17.8 Å². The fourth-order valence-corrected chi connectivity index (χ4v) is 6.44. The number of carbonyl (C=O) groups excluding carboxylic acids is 2. The number of nitrogens with zero attached hydrogens (tertiary/aromatic N) is 4. The summed E-state index contributed by atoms with van der Waals surface area (Å²) < 4.78 is 11.0. The van der Waals surface area contributed by atoms with Crippen molar-refractivity contribution in [1.29, 1.82) is 10.5 Å². The predicted octanol–water partition coefficient (Wildman–Crippen LogP) is 5.55. The van der Waals surface area contributed by atoms with E-state index in [4.69, 9.17) is 37.5 Å². The average molecular weight is 690 g/mol. The SMILES string of the molecule is CC(C)C[C@H](NC(=O)CN)C(=O)OCCOc1ccc(-c2c(C#N)c(N)nc(SCc3csc(-c4ccc(Cl)cc4)n3)c2C#N)cc1. The molecule has 4 rings (SSSR count). The molecule has 11 nitrogen and oxygen atoms in total. The molecule has 1 atom stereocenters. The van der Waals surface area contributed by atoms with Gasteiger partial charge in [-0.15, -0.1) is 11.3 Å². The van der Waals surface area contributed by atoms with E-state index in [2.05, 4.69) is 22.4 Å². The molecule has 0 aliphatic heterocycles. The Morgan fingerprint density at radius 2 is 1.70 bits per heavy atom. The van der Waals surface area contributed by atoms with Crippen LogP contribution in [0.3, 0.4) is 0 Å². The van der Waals surface area contributed by atoms with Gasteiger partial charge in [0.15, 0.2) is 0 Å². The minimum atomic E-state index is -0.793. The Balaban J connectivity index is 1.43. The lowest BCUT2D eigenvalue weighted by molar-refractivity contribution is -0.149. The summed E-state index contributed by atoms with van der Waals surface area (Å²) in [7, 11) is 0. The van der Waals surface area contributed by atoms with E-state index in [0.29, 0.717) is 39.1 Å². The number of thioether (sulfide) groups is 1. The van der Waals surface area contributed by atoms with Gasteiger partial charge >= 0.3 is 5.97 Å². The predicted molar refractivity (Wildman–Crippen MR) is 183 cm³/mol. The summed E-state index contributed by atoms with van der Waals surface area (Å²) in [6.45, 7) is 3.67. The van der Waals surface area contributed by atoms with Gasteiger partial charge in [-0.2, -0.15) is 10.5 Å². The van der Waals surface area contributed by atoms with Crippen molar-refractivity contribution in [3.8, 4) is 39.6 Å². The first-order valence-corrected chi connectivity index (χ1v) is 16.7. The summed E-state index contributed by atoms with van der Waals surface area (Å²) >= 11 is 8.82. The van der Waals surface area contributed by atoms with Gasteiger partial charge in [0.1, 0.15) is 58.6 Å². The average Bonchev–Trinajstić information content (AvgIpc) is 3.54. The van der Waals surface area contributed by atoms with Crippen LogP contribution in [-0.2, 0) is 20.1 Å². The number of amides is 1. The summed E-state index contributed by atoms with van der Waals surface area (Å²) in [4.78, 5) is 33.3. The van der Waals surface area contributed by atoms with Crippen molar-refractivity contribution in [1.82, 2.24) is 15.3 Å². The number of nitrogen functional groups attached to an aromatic ring is 1. The molecule has 0 bridgehead atoms. The Morgan fingerprint density at radius 3 is 2.34 bits per heavy atom. The van der Waals surface area contributed by atoms with Gasteiger partial charge < -0.3 is 26.3 Å². The Morgan fingerprint density at radius 1 is 1.02 bits per heavy atom. The third kappa shape index (κ3) is 9.44. The molecule has 242 valence electrons. The van der Waals surface area contributed by atoms with Gasteiger partial charge in [-0.3, -0.25) is 4.79 Å². The first-order chi connectivity index (χ1) is 22.6. The van der Waals surface area contributed by atoms with Crippen molar-refractivity contribution in [2.75, 3.05) is 25.5 Å². The molecule has 0 spiro atoms. The Labute approximate surface area is 285 Å². The number of anilines is 1. The lowest BCUT2D eigenvalue weighted by Gasteiger charge is -2.19. The van der Waals surface area contributed by atoms with Gasteiger partial charge in [-0.25, -0.2) is 14.8 Å². The second-order valence-corrected chi connectivity index (χ2v) is 12.8. The minimum Gasteiger partial charge on any atom is -0.490 e. The maximum Gasteiger partial charge on any atom is 0.328 e. The highest BCUT2D eigenvalue weighted by Crippen LogP contribution is 2.37. The highest BCUT2D eigenvalue weighted by molar-refractivity contribution is 7.98. The van der Waals surface area contributed by atoms with Crippen molar-refractivity contribution in [3.63, 3.8) is 0 Å². The van der Waals surface area contributed by atoms with Crippen molar-refractivity contribution in [3.05, 3.63) is 75.8 Å². The number of ether oxygens (including phenoxy) is 2. The number of benzene rings is 2. The highest BCUT2D eigenvalue weighted by atomic mass is 35.5. The van der Waals surface area contributed by atoms with E-state index >= 15 is 0 Å².